The largest absolute Gasteiger partial charge is 0.309 e. The highest BCUT2D eigenvalue weighted by Gasteiger charge is 2.26. The molecule has 16 heavy (non-hydrogen) atoms. The van der Waals surface area contributed by atoms with Gasteiger partial charge in [-0.15, -0.1) is 0 Å². The van der Waals surface area contributed by atoms with Crippen molar-refractivity contribution in [3.8, 4) is 0 Å². The average molecular weight is 285 g/mol. The Bertz CT molecular complexity index is 402. The number of pyridine rings is 1. The van der Waals surface area contributed by atoms with Crippen LogP contribution in [0.25, 0.3) is 0 Å². The second kappa shape index (κ2) is 4.95. The van der Waals surface area contributed by atoms with E-state index < -0.39 is 0 Å². The van der Waals surface area contributed by atoms with Gasteiger partial charge >= 0.3 is 0 Å². The Kier molecular flexibility index (Phi) is 4.08. The second-order valence-corrected chi connectivity index (χ2v) is 5.33. The number of carbonyl (C=O) groups is 1. The summed E-state index contributed by atoms with van der Waals surface area (Å²) < 4.78 is 0.804. The van der Waals surface area contributed by atoms with Crippen molar-refractivity contribution in [3.05, 3.63) is 22.3 Å². The topological polar surface area (TPSA) is 42.0 Å². The number of nitrogens with one attached hydrogen (secondary N) is 1. The van der Waals surface area contributed by atoms with Gasteiger partial charge in [-0.3, -0.25) is 4.79 Å². The number of hydrogen-bond acceptors (Lipinski definition) is 2. The molecule has 1 rings (SSSR count). The maximum absolute atomic E-state index is 12.0. The van der Waals surface area contributed by atoms with Crippen LogP contribution in [0.2, 0.25) is 0 Å². The molecule has 0 fully saturated rings. The number of hydrogen-bond donors (Lipinski definition) is 1. The van der Waals surface area contributed by atoms with Crippen LogP contribution in [-0.4, -0.2) is 10.9 Å². The van der Waals surface area contributed by atoms with Gasteiger partial charge in [0.05, 0.1) is 4.47 Å². The number of aromatic nitrogens is 1. The molecule has 0 saturated heterocycles. The maximum Gasteiger partial charge on any atom is 0.231 e. The molecule has 1 aromatic rings. The van der Waals surface area contributed by atoms with Gasteiger partial charge < -0.3 is 5.32 Å². The van der Waals surface area contributed by atoms with E-state index in [-0.39, 0.29) is 11.3 Å². The highest BCUT2D eigenvalue weighted by molar-refractivity contribution is 9.10. The number of carbonyl (C=O) groups excluding carboxylic acids is 1. The van der Waals surface area contributed by atoms with Gasteiger partial charge in [0.25, 0.3) is 0 Å². The molecule has 0 aliphatic carbocycles. The smallest absolute Gasteiger partial charge is 0.231 e. The van der Waals surface area contributed by atoms with E-state index in [1.165, 1.54) is 0 Å². The molecule has 0 spiro atoms. The van der Waals surface area contributed by atoms with Gasteiger partial charge in [0.15, 0.2) is 0 Å². The van der Waals surface area contributed by atoms with E-state index in [0.29, 0.717) is 5.82 Å². The van der Waals surface area contributed by atoms with E-state index in [0.717, 1.165) is 16.6 Å². The van der Waals surface area contributed by atoms with Gasteiger partial charge in [-0.1, -0.05) is 20.8 Å². The molecule has 0 aliphatic heterocycles. The summed E-state index contributed by atoms with van der Waals surface area (Å²) in [6.45, 7) is 7.74. The van der Waals surface area contributed by atoms with Gasteiger partial charge in [0.1, 0.15) is 5.82 Å². The van der Waals surface area contributed by atoms with E-state index in [9.17, 15) is 4.79 Å². The van der Waals surface area contributed by atoms with Crippen molar-refractivity contribution in [2.45, 2.75) is 34.1 Å². The zero-order valence-electron chi connectivity index (χ0n) is 10.1. The third-order valence-corrected chi connectivity index (χ3v) is 3.36. The lowest BCUT2D eigenvalue weighted by Crippen LogP contribution is -2.30. The first kappa shape index (κ1) is 13.2. The van der Waals surface area contributed by atoms with Crippen molar-refractivity contribution in [2.75, 3.05) is 5.32 Å². The number of anilines is 1. The summed E-state index contributed by atoms with van der Waals surface area (Å²) in [5.41, 5.74) is 0.512. The summed E-state index contributed by atoms with van der Waals surface area (Å²) in [4.78, 5) is 16.2. The lowest BCUT2D eigenvalue weighted by molar-refractivity contribution is -0.124. The fourth-order valence-electron chi connectivity index (χ4n) is 1.06. The zero-order chi connectivity index (χ0) is 12.3. The van der Waals surface area contributed by atoms with E-state index in [1.807, 2.05) is 39.8 Å². The second-order valence-electron chi connectivity index (χ2n) is 4.47. The molecule has 1 heterocycles. The maximum atomic E-state index is 12.0. The van der Waals surface area contributed by atoms with Crippen LogP contribution in [0.4, 0.5) is 5.82 Å². The predicted molar refractivity (Wildman–Crippen MR) is 69.4 cm³/mol. The highest BCUT2D eigenvalue weighted by atomic mass is 79.9. The Hall–Kier alpha value is -0.900. The minimum atomic E-state index is -0.370. The van der Waals surface area contributed by atoms with Crippen molar-refractivity contribution >= 4 is 27.7 Å². The van der Waals surface area contributed by atoms with E-state index in [1.54, 1.807) is 0 Å². The SMILES string of the molecule is CCC(C)(C)C(=O)Nc1nc(C)ccc1Br. The highest BCUT2D eigenvalue weighted by Crippen LogP contribution is 2.25. The van der Waals surface area contributed by atoms with Gasteiger partial charge in [0.2, 0.25) is 5.91 Å². The molecule has 0 bridgehead atoms. The third-order valence-electron chi connectivity index (χ3n) is 2.72. The van der Waals surface area contributed by atoms with Crippen LogP contribution in [0.5, 0.6) is 0 Å². The van der Waals surface area contributed by atoms with Gasteiger partial charge in [-0.2, -0.15) is 0 Å². The van der Waals surface area contributed by atoms with Gasteiger partial charge in [-0.25, -0.2) is 4.98 Å². The molecule has 0 aliphatic rings. The molecule has 88 valence electrons. The normalized spacial score (nSPS) is 11.3. The van der Waals surface area contributed by atoms with Crippen LogP contribution in [0, 0.1) is 12.3 Å². The Morgan fingerprint density at radius 2 is 2.12 bits per heavy atom. The minimum absolute atomic E-state index is 0.00574. The summed E-state index contributed by atoms with van der Waals surface area (Å²) in [5, 5.41) is 2.85. The van der Waals surface area contributed by atoms with E-state index in [4.69, 9.17) is 0 Å². The number of aryl methyl sites for hydroxylation is 1. The molecule has 0 atom stereocenters. The van der Waals surface area contributed by atoms with Crippen molar-refractivity contribution in [2.24, 2.45) is 5.41 Å². The molecule has 1 aromatic heterocycles. The minimum Gasteiger partial charge on any atom is -0.309 e. The van der Waals surface area contributed by atoms with Crippen LogP contribution in [0.3, 0.4) is 0 Å². The van der Waals surface area contributed by atoms with Crippen molar-refractivity contribution < 1.29 is 4.79 Å². The molecule has 3 nitrogen and oxygen atoms in total. The van der Waals surface area contributed by atoms with Crippen molar-refractivity contribution in [1.29, 1.82) is 0 Å². The van der Waals surface area contributed by atoms with Gasteiger partial charge in [-0.05, 0) is 41.4 Å². The molecule has 1 N–H and O–H groups in total. The number of halogens is 1. The number of nitrogens with zero attached hydrogens (tertiary/aromatic N) is 1. The average Bonchev–Trinajstić information content (AvgIpc) is 2.23. The van der Waals surface area contributed by atoms with Crippen molar-refractivity contribution in [3.63, 3.8) is 0 Å². The first-order valence-electron chi connectivity index (χ1n) is 5.31. The van der Waals surface area contributed by atoms with Gasteiger partial charge in [0, 0.05) is 11.1 Å². The monoisotopic (exact) mass is 284 g/mol. The summed E-state index contributed by atoms with van der Waals surface area (Å²) in [7, 11) is 0. The zero-order valence-corrected chi connectivity index (χ0v) is 11.7. The van der Waals surface area contributed by atoms with Crippen molar-refractivity contribution in [1.82, 2.24) is 4.98 Å². The first-order chi connectivity index (χ1) is 7.36. The predicted octanol–water partition coefficient (Wildman–Crippen LogP) is 3.53. The van der Waals surface area contributed by atoms with Crippen LogP contribution in [0.1, 0.15) is 32.9 Å². The summed E-state index contributed by atoms with van der Waals surface area (Å²) >= 11 is 3.37. The Labute approximate surface area is 105 Å². The molecule has 1 amide bonds. The molecule has 0 unspecified atom stereocenters. The Morgan fingerprint density at radius 1 is 1.50 bits per heavy atom. The Morgan fingerprint density at radius 3 is 2.69 bits per heavy atom. The lowest BCUT2D eigenvalue weighted by Gasteiger charge is -2.21. The third kappa shape index (κ3) is 3.04. The lowest BCUT2D eigenvalue weighted by atomic mass is 9.89. The molecule has 4 heteroatoms. The summed E-state index contributed by atoms with van der Waals surface area (Å²) in [6.07, 6.45) is 0.794. The summed E-state index contributed by atoms with van der Waals surface area (Å²) in [5.74, 6) is 0.584. The van der Waals surface area contributed by atoms with Crippen LogP contribution < -0.4 is 5.32 Å². The molecular formula is C12H17BrN2O. The fraction of sp³-hybridized carbons (Fsp3) is 0.500. The standard InChI is InChI=1S/C12H17BrN2O/c1-5-12(3,4)11(16)15-10-9(13)7-6-8(2)14-10/h6-7H,5H2,1-4H3,(H,14,15,16). The molecular weight excluding hydrogens is 268 g/mol. The molecule has 0 saturated carbocycles. The fourth-order valence-corrected chi connectivity index (χ4v) is 1.38. The molecule has 0 radical (unpaired) electrons. The van der Waals surface area contributed by atoms with Crippen LogP contribution in [-0.2, 0) is 4.79 Å². The van der Waals surface area contributed by atoms with E-state index in [2.05, 4.69) is 26.2 Å². The first-order valence-corrected chi connectivity index (χ1v) is 6.10. The van der Waals surface area contributed by atoms with Crippen LogP contribution >= 0.6 is 15.9 Å². The Balaban J connectivity index is 2.89. The number of rotatable bonds is 3. The van der Waals surface area contributed by atoms with E-state index >= 15 is 0 Å². The summed E-state index contributed by atoms with van der Waals surface area (Å²) in [6, 6.07) is 3.78. The quantitative estimate of drug-likeness (QED) is 0.923. The van der Waals surface area contributed by atoms with Crippen LogP contribution in [0.15, 0.2) is 16.6 Å². The molecule has 0 aromatic carbocycles. The number of amides is 1.